The molecule has 0 aliphatic rings. The van der Waals surface area contributed by atoms with Gasteiger partial charge in [0.15, 0.2) is 0 Å². The van der Waals surface area contributed by atoms with Gasteiger partial charge in [0.25, 0.3) is 5.91 Å². The van der Waals surface area contributed by atoms with Gasteiger partial charge in [-0.3, -0.25) is 4.79 Å². The van der Waals surface area contributed by atoms with Crippen LogP contribution in [0.4, 0.5) is 0 Å². The van der Waals surface area contributed by atoms with E-state index in [1.54, 1.807) is 6.07 Å². The van der Waals surface area contributed by atoms with E-state index in [9.17, 15) is 15.0 Å². The average Bonchev–Trinajstić information content (AvgIpc) is 2.58. The maximum absolute atomic E-state index is 12.2. The highest BCUT2D eigenvalue weighted by atomic mass is 35.5. The van der Waals surface area contributed by atoms with Crippen LogP contribution < -0.4 is 5.43 Å². The van der Waals surface area contributed by atoms with Gasteiger partial charge in [-0.05, 0) is 35.0 Å². The first-order chi connectivity index (χ1) is 12.0. The highest BCUT2D eigenvalue weighted by Crippen LogP contribution is 2.30. The van der Waals surface area contributed by atoms with E-state index in [1.165, 1.54) is 24.4 Å². The number of hydrazone groups is 1. The highest BCUT2D eigenvalue weighted by molar-refractivity contribution is 6.36. The van der Waals surface area contributed by atoms with Crippen molar-refractivity contribution < 1.29 is 15.0 Å². The van der Waals surface area contributed by atoms with Crippen molar-refractivity contribution in [2.24, 2.45) is 5.10 Å². The number of aromatic hydroxyl groups is 2. The summed E-state index contributed by atoms with van der Waals surface area (Å²) in [5.74, 6) is -0.940. The third-order valence-electron chi connectivity index (χ3n) is 3.54. The first-order valence-electron chi connectivity index (χ1n) is 7.19. The quantitative estimate of drug-likeness (QED) is 0.471. The van der Waals surface area contributed by atoms with Gasteiger partial charge in [-0.15, -0.1) is 0 Å². The molecule has 0 aliphatic carbocycles. The average molecular weight is 375 g/mol. The molecule has 5 nitrogen and oxygen atoms in total. The zero-order valence-corrected chi connectivity index (χ0v) is 14.2. The second-order valence-corrected chi connectivity index (χ2v) is 6.08. The Balaban J connectivity index is 1.82. The third-order valence-corrected chi connectivity index (χ3v) is 4.04. The van der Waals surface area contributed by atoms with Gasteiger partial charge < -0.3 is 10.2 Å². The summed E-state index contributed by atoms with van der Waals surface area (Å²) in [4.78, 5) is 12.2. The normalized spacial score (nSPS) is 11.1. The molecule has 0 saturated carbocycles. The molecule has 7 heteroatoms. The van der Waals surface area contributed by atoms with Crippen LogP contribution in [0.1, 0.15) is 15.9 Å². The van der Waals surface area contributed by atoms with E-state index in [4.69, 9.17) is 23.2 Å². The minimum Gasteiger partial charge on any atom is -0.507 e. The number of phenols is 2. The summed E-state index contributed by atoms with van der Waals surface area (Å²) < 4.78 is 0. The number of carbonyl (C=O) groups is 1. The monoisotopic (exact) mass is 374 g/mol. The number of phenolic OH excluding ortho intramolecular Hbond substituents is 2. The number of benzene rings is 3. The van der Waals surface area contributed by atoms with Crippen LogP contribution in [-0.2, 0) is 0 Å². The molecule has 0 spiro atoms. The standard InChI is InChI=1S/C18H12Cl2N2O3/c19-13-5-12(17(24)15(20)8-13)9-21-22-18(25)14-6-10-3-1-2-4-11(10)7-16(14)23/h1-9,23-24H,(H,22,25). The first kappa shape index (κ1) is 17.1. The first-order valence-corrected chi connectivity index (χ1v) is 7.94. The van der Waals surface area contributed by atoms with E-state index in [-0.39, 0.29) is 27.6 Å². The van der Waals surface area contributed by atoms with Gasteiger partial charge in [0.2, 0.25) is 0 Å². The maximum atomic E-state index is 12.2. The van der Waals surface area contributed by atoms with Crippen LogP contribution in [0.3, 0.4) is 0 Å². The lowest BCUT2D eigenvalue weighted by atomic mass is 10.1. The number of nitrogens with one attached hydrogen (secondary N) is 1. The van der Waals surface area contributed by atoms with Crippen LogP contribution in [0, 0.1) is 0 Å². The van der Waals surface area contributed by atoms with Crippen LogP contribution >= 0.6 is 23.2 Å². The molecule has 3 aromatic carbocycles. The van der Waals surface area contributed by atoms with E-state index in [2.05, 4.69) is 10.5 Å². The Bertz CT molecular complexity index is 1000. The van der Waals surface area contributed by atoms with Gasteiger partial charge in [-0.1, -0.05) is 47.5 Å². The van der Waals surface area contributed by atoms with Crippen molar-refractivity contribution in [2.75, 3.05) is 0 Å². The molecule has 3 aromatic rings. The number of hydrogen-bond acceptors (Lipinski definition) is 4. The van der Waals surface area contributed by atoms with Crippen LogP contribution in [0.25, 0.3) is 10.8 Å². The lowest BCUT2D eigenvalue weighted by Gasteiger charge is -2.06. The number of hydrogen-bond donors (Lipinski definition) is 3. The molecule has 0 aromatic heterocycles. The van der Waals surface area contributed by atoms with Crippen molar-refractivity contribution >= 4 is 46.1 Å². The third kappa shape index (κ3) is 3.68. The van der Waals surface area contributed by atoms with Crippen molar-refractivity contribution in [1.29, 1.82) is 0 Å². The SMILES string of the molecule is O=C(NN=Cc1cc(Cl)cc(Cl)c1O)c1cc2ccccc2cc1O. The Morgan fingerprint density at radius 3 is 2.44 bits per heavy atom. The fourth-order valence-electron chi connectivity index (χ4n) is 2.32. The topological polar surface area (TPSA) is 81.9 Å². The minimum absolute atomic E-state index is 0.0763. The molecule has 0 fully saturated rings. The Labute approximate surface area is 153 Å². The number of rotatable bonds is 3. The van der Waals surface area contributed by atoms with E-state index >= 15 is 0 Å². The Kier molecular flexibility index (Phi) is 4.79. The molecule has 0 atom stereocenters. The lowest BCUT2D eigenvalue weighted by Crippen LogP contribution is -2.17. The summed E-state index contributed by atoms with van der Waals surface area (Å²) in [5, 5.41) is 25.7. The van der Waals surface area contributed by atoms with Gasteiger partial charge in [0.05, 0.1) is 16.8 Å². The molecule has 0 unspecified atom stereocenters. The van der Waals surface area contributed by atoms with Gasteiger partial charge >= 0.3 is 0 Å². The van der Waals surface area contributed by atoms with Crippen molar-refractivity contribution in [3.8, 4) is 11.5 Å². The predicted octanol–water partition coefficient (Wildman–Crippen LogP) is 4.32. The van der Waals surface area contributed by atoms with E-state index in [0.29, 0.717) is 5.02 Å². The summed E-state index contributed by atoms with van der Waals surface area (Å²) in [5.41, 5.74) is 2.63. The predicted molar refractivity (Wildman–Crippen MR) is 98.8 cm³/mol. The van der Waals surface area contributed by atoms with Crippen LogP contribution in [-0.4, -0.2) is 22.3 Å². The lowest BCUT2D eigenvalue weighted by molar-refractivity contribution is 0.0952. The minimum atomic E-state index is -0.591. The fraction of sp³-hybridized carbons (Fsp3) is 0. The van der Waals surface area contributed by atoms with Crippen molar-refractivity contribution in [1.82, 2.24) is 5.43 Å². The van der Waals surface area contributed by atoms with Gasteiger partial charge in [0.1, 0.15) is 11.5 Å². The van der Waals surface area contributed by atoms with Gasteiger partial charge in [-0.2, -0.15) is 5.10 Å². The zero-order chi connectivity index (χ0) is 18.0. The smallest absolute Gasteiger partial charge is 0.275 e. The summed E-state index contributed by atoms with van der Waals surface area (Å²) >= 11 is 11.7. The van der Waals surface area contributed by atoms with Crippen molar-refractivity contribution in [3.05, 3.63) is 69.7 Å². The maximum Gasteiger partial charge on any atom is 0.275 e. The summed E-state index contributed by atoms with van der Waals surface area (Å²) in [6, 6.07) is 13.3. The molecule has 0 bridgehead atoms. The number of halogens is 2. The molecule has 1 amide bonds. The number of amides is 1. The zero-order valence-electron chi connectivity index (χ0n) is 12.7. The molecular weight excluding hydrogens is 363 g/mol. The molecule has 126 valence electrons. The molecule has 3 rings (SSSR count). The summed E-state index contributed by atoms with van der Waals surface area (Å²) in [7, 11) is 0. The van der Waals surface area contributed by atoms with Gasteiger partial charge in [-0.25, -0.2) is 5.43 Å². The fourth-order valence-corrected chi connectivity index (χ4v) is 2.82. The Morgan fingerprint density at radius 1 is 1.04 bits per heavy atom. The van der Waals surface area contributed by atoms with Gasteiger partial charge in [0, 0.05) is 10.6 Å². The molecular formula is C18H12Cl2N2O3. The van der Waals surface area contributed by atoms with Crippen LogP contribution in [0.5, 0.6) is 11.5 Å². The second kappa shape index (κ2) is 7.01. The summed E-state index contributed by atoms with van der Waals surface area (Å²) in [6.45, 7) is 0. The molecule has 0 saturated heterocycles. The van der Waals surface area contributed by atoms with Crippen LogP contribution in [0.2, 0.25) is 10.0 Å². The number of nitrogens with zero attached hydrogens (tertiary/aromatic N) is 1. The summed E-state index contributed by atoms with van der Waals surface area (Å²) in [6.07, 6.45) is 1.21. The van der Waals surface area contributed by atoms with Crippen molar-refractivity contribution in [3.63, 3.8) is 0 Å². The van der Waals surface area contributed by atoms with E-state index in [0.717, 1.165) is 10.8 Å². The van der Waals surface area contributed by atoms with E-state index < -0.39 is 5.91 Å². The Morgan fingerprint density at radius 2 is 1.72 bits per heavy atom. The second-order valence-electron chi connectivity index (χ2n) is 5.24. The largest absolute Gasteiger partial charge is 0.507 e. The molecule has 0 radical (unpaired) electrons. The molecule has 0 heterocycles. The van der Waals surface area contributed by atoms with Crippen LogP contribution in [0.15, 0.2) is 53.6 Å². The number of carbonyl (C=O) groups excluding carboxylic acids is 1. The van der Waals surface area contributed by atoms with Crippen molar-refractivity contribution in [2.45, 2.75) is 0 Å². The van der Waals surface area contributed by atoms with E-state index in [1.807, 2.05) is 24.3 Å². The Hall–Kier alpha value is -2.76. The number of fused-ring (bicyclic) bond motifs is 1. The molecule has 25 heavy (non-hydrogen) atoms. The highest BCUT2D eigenvalue weighted by Gasteiger charge is 2.12. The molecule has 0 aliphatic heterocycles. The molecule has 3 N–H and O–H groups in total.